The van der Waals surface area contributed by atoms with Crippen molar-refractivity contribution >= 4 is 23.4 Å². The first-order valence-electron chi connectivity index (χ1n) is 8.86. The van der Waals surface area contributed by atoms with Crippen LogP contribution < -0.4 is 10.1 Å². The number of unbranched alkanes of at least 4 members (excludes halogenated alkanes) is 1. The van der Waals surface area contributed by atoms with Crippen molar-refractivity contribution in [2.75, 3.05) is 16.8 Å². The molecule has 3 rings (SSSR count). The smallest absolute Gasteiger partial charge is 0.261 e. The van der Waals surface area contributed by atoms with Crippen LogP contribution in [0.3, 0.4) is 0 Å². The van der Waals surface area contributed by atoms with Gasteiger partial charge in [0.1, 0.15) is 11.7 Å². The summed E-state index contributed by atoms with van der Waals surface area (Å²) in [6.07, 6.45) is 6.25. The quantitative estimate of drug-likeness (QED) is 0.790. The number of carbonyl (C=O) groups is 1. The van der Waals surface area contributed by atoms with Gasteiger partial charge in [-0.2, -0.15) is 11.8 Å². The summed E-state index contributed by atoms with van der Waals surface area (Å²) in [5.74, 6) is 2.29. The predicted molar refractivity (Wildman–Crippen MR) is 104 cm³/mol. The van der Waals surface area contributed by atoms with E-state index in [0.29, 0.717) is 11.4 Å². The third-order valence-electron chi connectivity index (χ3n) is 4.21. The van der Waals surface area contributed by atoms with E-state index in [1.165, 1.54) is 18.4 Å². The fraction of sp³-hybridized carbons (Fsp3) is 0.400. The maximum absolute atomic E-state index is 12.6. The van der Waals surface area contributed by atoms with Crippen molar-refractivity contribution < 1.29 is 9.53 Å². The van der Waals surface area contributed by atoms with E-state index >= 15 is 0 Å². The van der Waals surface area contributed by atoms with E-state index in [0.717, 1.165) is 30.0 Å². The number of carbonyl (C=O) groups excluding carboxylic acids is 1. The fourth-order valence-corrected chi connectivity index (χ4v) is 3.85. The third kappa shape index (κ3) is 4.98. The van der Waals surface area contributed by atoms with Crippen LogP contribution in [0.1, 0.15) is 42.1 Å². The Kier molecular flexibility index (Phi) is 6.34. The Bertz CT molecular complexity index is 697. The van der Waals surface area contributed by atoms with Gasteiger partial charge in [-0.05, 0) is 54.8 Å². The highest BCUT2D eigenvalue weighted by atomic mass is 32.2. The normalized spacial score (nSPS) is 16.6. The number of hydrogen-bond donors (Lipinski definition) is 1. The van der Waals surface area contributed by atoms with Crippen molar-refractivity contribution in [3.05, 3.63) is 53.7 Å². The van der Waals surface area contributed by atoms with Gasteiger partial charge in [0.05, 0.1) is 0 Å². The second kappa shape index (κ2) is 8.90. The lowest BCUT2D eigenvalue weighted by atomic mass is 10.1. The van der Waals surface area contributed by atoms with Crippen molar-refractivity contribution in [1.29, 1.82) is 0 Å². The number of nitrogens with one attached hydrogen (secondary N) is 1. The van der Waals surface area contributed by atoms with Crippen LogP contribution in [0.4, 0.5) is 5.69 Å². The van der Waals surface area contributed by atoms with E-state index in [1.54, 1.807) is 18.3 Å². The van der Waals surface area contributed by atoms with Crippen LogP contribution in [0.25, 0.3) is 0 Å². The number of hydrogen-bond acceptors (Lipinski definition) is 4. The third-order valence-corrected chi connectivity index (χ3v) is 5.34. The number of amides is 1. The Morgan fingerprint density at radius 2 is 2.16 bits per heavy atom. The van der Waals surface area contributed by atoms with Crippen LogP contribution in [0.2, 0.25) is 0 Å². The Morgan fingerprint density at radius 1 is 1.32 bits per heavy atom. The number of thioether (sulfide) groups is 1. The van der Waals surface area contributed by atoms with Gasteiger partial charge in [0.25, 0.3) is 5.91 Å². The summed E-state index contributed by atoms with van der Waals surface area (Å²) in [5, 5.41) is 2.94. The number of nitrogens with zero attached hydrogens (tertiary/aromatic N) is 1. The average Bonchev–Trinajstić information content (AvgIpc) is 3.14. The van der Waals surface area contributed by atoms with Gasteiger partial charge in [0.2, 0.25) is 5.88 Å². The second-order valence-corrected chi connectivity index (χ2v) is 7.36. The van der Waals surface area contributed by atoms with E-state index in [-0.39, 0.29) is 12.0 Å². The molecule has 1 aliphatic heterocycles. The van der Waals surface area contributed by atoms with Crippen LogP contribution in [-0.4, -0.2) is 28.5 Å². The van der Waals surface area contributed by atoms with Gasteiger partial charge in [-0.25, -0.2) is 4.98 Å². The number of rotatable bonds is 7. The molecule has 132 valence electrons. The van der Waals surface area contributed by atoms with Crippen molar-refractivity contribution in [3.63, 3.8) is 0 Å². The molecular weight excluding hydrogens is 332 g/mol. The molecule has 0 radical (unpaired) electrons. The molecule has 5 heteroatoms. The van der Waals surface area contributed by atoms with E-state index in [9.17, 15) is 4.79 Å². The van der Waals surface area contributed by atoms with Crippen molar-refractivity contribution in [2.45, 2.75) is 38.7 Å². The molecule has 2 heterocycles. The van der Waals surface area contributed by atoms with Crippen molar-refractivity contribution in [2.24, 2.45) is 0 Å². The van der Waals surface area contributed by atoms with Crippen LogP contribution in [0.5, 0.6) is 5.88 Å². The number of aryl methyl sites for hydroxylation is 1. The Morgan fingerprint density at radius 3 is 2.88 bits per heavy atom. The van der Waals surface area contributed by atoms with Gasteiger partial charge in [-0.1, -0.05) is 25.5 Å². The SMILES string of the molecule is CCCCc1ccc(NC(=O)c2cccnc2OC2CCSC2)cc1. The number of benzene rings is 1. The lowest BCUT2D eigenvalue weighted by Gasteiger charge is -2.14. The number of ether oxygens (including phenoxy) is 1. The maximum atomic E-state index is 12.6. The molecule has 1 N–H and O–H groups in total. The molecule has 4 nitrogen and oxygen atoms in total. The first-order valence-corrected chi connectivity index (χ1v) is 10.0. The molecule has 0 saturated carbocycles. The van der Waals surface area contributed by atoms with Crippen LogP contribution in [0, 0.1) is 0 Å². The van der Waals surface area contributed by atoms with E-state index < -0.39 is 0 Å². The first-order chi connectivity index (χ1) is 12.3. The van der Waals surface area contributed by atoms with E-state index in [1.807, 2.05) is 23.9 Å². The van der Waals surface area contributed by atoms with Gasteiger partial charge < -0.3 is 10.1 Å². The first kappa shape index (κ1) is 17.8. The van der Waals surface area contributed by atoms with E-state index in [2.05, 4.69) is 29.4 Å². The monoisotopic (exact) mass is 356 g/mol. The molecule has 1 atom stereocenters. The topological polar surface area (TPSA) is 51.2 Å². The van der Waals surface area contributed by atoms with Gasteiger partial charge in [0.15, 0.2) is 0 Å². The second-order valence-electron chi connectivity index (χ2n) is 6.21. The largest absolute Gasteiger partial charge is 0.473 e. The average molecular weight is 356 g/mol. The molecule has 1 aliphatic rings. The summed E-state index contributed by atoms with van der Waals surface area (Å²) in [4.78, 5) is 16.9. The molecular formula is C20H24N2O2S. The molecule has 0 bridgehead atoms. The van der Waals surface area contributed by atoms with Crippen LogP contribution >= 0.6 is 11.8 Å². The Hall–Kier alpha value is -2.01. The van der Waals surface area contributed by atoms with Crippen LogP contribution in [-0.2, 0) is 6.42 Å². The summed E-state index contributed by atoms with van der Waals surface area (Å²) in [6.45, 7) is 2.19. The zero-order valence-electron chi connectivity index (χ0n) is 14.5. The summed E-state index contributed by atoms with van der Waals surface area (Å²) >= 11 is 1.87. The number of aromatic nitrogens is 1. The molecule has 25 heavy (non-hydrogen) atoms. The van der Waals surface area contributed by atoms with Gasteiger partial charge in [-0.3, -0.25) is 4.79 Å². The lowest BCUT2D eigenvalue weighted by molar-refractivity contribution is 0.101. The molecule has 1 unspecified atom stereocenters. The highest BCUT2D eigenvalue weighted by Crippen LogP contribution is 2.24. The van der Waals surface area contributed by atoms with Crippen LogP contribution in [0.15, 0.2) is 42.6 Å². The zero-order valence-corrected chi connectivity index (χ0v) is 15.3. The number of pyridine rings is 1. The molecule has 0 aliphatic carbocycles. The minimum atomic E-state index is -0.185. The van der Waals surface area contributed by atoms with Crippen molar-refractivity contribution in [1.82, 2.24) is 4.98 Å². The highest BCUT2D eigenvalue weighted by molar-refractivity contribution is 7.99. The highest BCUT2D eigenvalue weighted by Gasteiger charge is 2.21. The molecule has 1 saturated heterocycles. The fourth-order valence-electron chi connectivity index (χ4n) is 2.76. The number of anilines is 1. The predicted octanol–water partition coefficient (Wildman–Crippen LogP) is 4.56. The maximum Gasteiger partial charge on any atom is 0.261 e. The minimum Gasteiger partial charge on any atom is -0.473 e. The molecule has 0 spiro atoms. The Labute approximate surface area is 153 Å². The molecule has 2 aromatic rings. The minimum absolute atomic E-state index is 0.143. The zero-order chi connectivity index (χ0) is 17.5. The summed E-state index contributed by atoms with van der Waals surface area (Å²) in [5.41, 5.74) is 2.56. The summed E-state index contributed by atoms with van der Waals surface area (Å²) in [7, 11) is 0. The molecule has 1 fully saturated rings. The summed E-state index contributed by atoms with van der Waals surface area (Å²) in [6, 6.07) is 11.6. The molecule has 1 aromatic carbocycles. The summed E-state index contributed by atoms with van der Waals surface area (Å²) < 4.78 is 5.94. The molecule has 1 amide bonds. The Balaban J connectivity index is 1.66. The van der Waals surface area contributed by atoms with E-state index in [4.69, 9.17) is 4.74 Å². The van der Waals surface area contributed by atoms with Gasteiger partial charge in [0, 0.05) is 17.6 Å². The lowest BCUT2D eigenvalue weighted by Crippen LogP contribution is -2.20. The standard InChI is InChI=1S/C20H24N2O2S/c1-2-3-5-15-7-9-16(10-8-15)22-19(23)18-6-4-12-21-20(18)24-17-11-13-25-14-17/h4,6-10,12,17H,2-3,5,11,13-14H2,1H3,(H,22,23). The van der Waals surface area contributed by atoms with Gasteiger partial charge >= 0.3 is 0 Å². The molecule has 1 aromatic heterocycles. The van der Waals surface area contributed by atoms with Gasteiger partial charge in [-0.15, -0.1) is 0 Å². The van der Waals surface area contributed by atoms with Crippen molar-refractivity contribution in [3.8, 4) is 5.88 Å².